The third kappa shape index (κ3) is 4.26. The van der Waals surface area contributed by atoms with Gasteiger partial charge >= 0.3 is 5.69 Å². The Bertz CT molecular complexity index is 736. The maximum Gasteiger partial charge on any atom is 0.311 e. The molecular formula is C18H23N5O3. The second-order valence-corrected chi connectivity index (χ2v) is 6.36. The molecule has 0 aromatic carbocycles. The Morgan fingerprint density at radius 1 is 1.31 bits per heavy atom. The average molecular weight is 357 g/mol. The summed E-state index contributed by atoms with van der Waals surface area (Å²) in [5, 5.41) is 23.3. The first-order chi connectivity index (χ1) is 12.7. The summed E-state index contributed by atoms with van der Waals surface area (Å²) >= 11 is 0. The molecule has 0 bridgehead atoms. The molecule has 3 heterocycles. The summed E-state index contributed by atoms with van der Waals surface area (Å²) in [5.74, 6) is 1.16. The third-order valence-electron chi connectivity index (χ3n) is 4.64. The van der Waals surface area contributed by atoms with Crippen LogP contribution in [0.3, 0.4) is 0 Å². The minimum Gasteiger partial charge on any atom is -0.396 e. The third-order valence-corrected chi connectivity index (χ3v) is 4.64. The summed E-state index contributed by atoms with van der Waals surface area (Å²) < 4.78 is 0. The van der Waals surface area contributed by atoms with E-state index < -0.39 is 4.92 Å². The van der Waals surface area contributed by atoms with Gasteiger partial charge in [-0.1, -0.05) is 6.07 Å². The molecule has 0 spiro atoms. The van der Waals surface area contributed by atoms with Gasteiger partial charge in [-0.25, -0.2) is 9.97 Å². The Labute approximate surface area is 152 Å². The van der Waals surface area contributed by atoms with Crippen molar-refractivity contribution in [3.05, 3.63) is 52.3 Å². The van der Waals surface area contributed by atoms with Crippen LogP contribution in [-0.4, -0.2) is 39.2 Å². The van der Waals surface area contributed by atoms with Crippen LogP contribution in [0.25, 0.3) is 0 Å². The zero-order chi connectivity index (χ0) is 18.4. The smallest absolute Gasteiger partial charge is 0.311 e. The van der Waals surface area contributed by atoms with Gasteiger partial charge in [0, 0.05) is 44.2 Å². The van der Waals surface area contributed by atoms with Crippen molar-refractivity contribution in [1.29, 1.82) is 0 Å². The summed E-state index contributed by atoms with van der Waals surface area (Å²) in [6, 6.07) is 7.24. The molecule has 2 aromatic rings. The van der Waals surface area contributed by atoms with Crippen LogP contribution < -0.4 is 10.2 Å². The predicted octanol–water partition coefficient (Wildman–Crippen LogP) is 2.74. The van der Waals surface area contributed by atoms with Gasteiger partial charge in [0.2, 0.25) is 5.82 Å². The Balaban J connectivity index is 1.65. The number of hydrogen-bond acceptors (Lipinski definition) is 7. The summed E-state index contributed by atoms with van der Waals surface area (Å²) in [4.78, 5) is 21.4. The van der Waals surface area contributed by atoms with Gasteiger partial charge in [0.15, 0.2) is 0 Å². The Morgan fingerprint density at radius 3 is 2.92 bits per heavy atom. The van der Waals surface area contributed by atoms with Crippen LogP contribution in [0.2, 0.25) is 0 Å². The van der Waals surface area contributed by atoms with E-state index >= 15 is 0 Å². The number of pyridine rings is 2. The number of hydrogen-bond donors (Lipinski definition) is 2. The van der Waals surface area contributed by atoms with Crippen molar-refractivity contribution < 1.29 is 10.0 Å². The highest BCUT2D eigenvalue weighted by Gasteiger charge is 2.23. The second-order valence-electron chi connectivity index (χ2n) is 6.36. The number of anilines is 2. The van der Waals surface area contributed by atoms with Crippen LogP contribution in [-0.2, 0) is 6.54 Å². The standard InChI is InChI=1S/C18H23N5O3/c24-11-8-15-4-1-2-10-22(15)17-7-6-14(12-20-17)13-21-18-16(23(25)26)5-3-9-19-18/h3,5-7,9,12,15,24H,1-2,4,8,10-11,13H2,(H,19,21). The Morgan fingerprint density at radius 2 is 2.19 bits per heavy atom. The maximum absolute atomic E-state index is 11.0. The SMILES string of the molecule is O=[N+]([O-])c1cccnc1NCc1ccc(N2CCCCC2CCO)nc1. The normalized spacial score (nSPS) is 17.1. The quantitative estimate of drug-likeness (QED) is 0.580. The fourth-order valence-corrected chi connectivity index (χ4v) is 3.31. The largest absolute Gasteiger partial charge is 0.396 e. The fraction of sp³-hybridized carbons (Fsp3) is 0.444. The number of aliphatic hydroxyl groups is 1. The Kier molecular flexibility index (Phi) is 5.96. The van der Waals surface area contributed by atoms with E-state index in [1.54, 1.807) is 12.3 Å². The molecule has 0 amide bonds. The molecule has 26 heavy (non-hydrogen) atoms. The number of nitrogens with zero attached hydrogens (tertiary/aromatic N) is 4. The highest BCUT2D eigenvalue weighted by Crippen LogP contribution is 2.25. The molecule has 1 fully saturated rings. The molecule has 1 unspecified atom stereocenters. The van der Waals surface area contributed by atoms with Crippen molar-refractivity contribution in [2.45, 2.75) is 38.3 Å². The molecule has 1 aliphatic heterocycles. The van der Waals surface area contributed by atoms with Gasteiger partial charge in [0.1, 0.15) is 5.82 Å². The maximum atomic E-state index is 11.0. The lowest BCUT2D eigenvalue weighted by Gasteiger charge is -2.36. The lowest BCUT2D eigenvalue weighted by atomic mass is 9.99. The van der Waals surface area contributed by atoms with E-state index in [-0.39, 0.29) is 18.1 Å². The van der Waals surface area contributed by atoms with E-state index in [2.05, 4.69) is 20.2 Å². The van der Waals surface area contributed by atoms with Crippen molar-refractivity contribution in [2.24, 2.45) is 0 Å². The zero-order valence-corrected chi connectivity index (χ0v) is 14.5. The number of piperidine rings is 1. The summed E-state index contributed by atoms with van der Waals surface area (Å²) in [5.41, 5.74) is 0.877. The summed E-state index contributed by atoms with van der Waals surface area (Å²) in [7, 11) is 0. The van der Waals surface area contributed by atoms with Crippen LogP contribution in [0.1, 0.15) is 31.2 Å². The van der Waals surface area contributed by atoms with Gasteiger partial charge in [-0.2, -0.15) is 0 Å². The first-order valence-electron chi connectivity index (χ1n) is 8.84. The van der Waals surface area contributed by atoms with Gasteiger partial charge in [-0.05, 0) is 43.4 Å². The van der Waals surface area contributed by atoms with Crippen LogP contribution in [0.4, 0.5) is 17.3 Å². The van der Waals surface area contributed by atoms with E-state index in [9.17, 15) is 15.2 Å². The molecule has 8 nitrogen and oxygen atoms in total. The first-order valence-corrected chi connectivity index (χ1v) is 8.84. The number of nitrogens with one attached hydrogen (secondary N) is 1. The highest BCUT2D eigenvalue weighted by atomic mass is 16.6. The van der Waals surface area contributed by atoms with E-state index in [1.807, 2.05) is 12.1 Å². The molecule has 1 atom stereocenters. The van der Waals surface area contributed by atoms with E-state index in [0.717, 1.165) is 37.2 Å². The molecule has 0 saturated carbocycles. The van der Waals surface area contributed by atoms with Gasteiger partial charge in [0.25, 0.3) is 0 Å². The van der Waals surface area contributed by atoms with Gasteiger partial charge in [-0.3, -0.25) is 10.1 Å². The van der Waals surface area contributed by atoms with Gasteiger partial charge in [-0.15, -0.1) is 0 Å². The number of rotatable bonds is 7. The lowest BCUT2D eigenvalue weighted by molar-refractivity contribution is -0.384. The fourth-order valence-electron chi connectivity index (χ4n) is 3.31. The zero-order valence-electron chi connectivity index (χ0n) is 14.5. The first kappa shape index (κ1) is 18.1. The Hall–Kier alpha value is -2.74. The van der Waals surface area contributed by atoms with Crippen LogP contribution in [0, 0.1) is 10.1 Å². The van der Waals surface area contributed by atoms with Crippen molar-refractivity contribution in [3.8, 4) is 0 Å². The monoisotopic (exact) mass is 357 g/mol. The van der Waals surface area contributed by atoms with E-state index in [1.165, 1.54) is 18.7 Å². The average Bonchev–Trinajstić information content (AvgIpc) is 2.68. The summed E-state index contributed by atoms with van der Waals surface area (Å²) in [6.07, 6.45) is 7.46. The minimum absolute atomic E-state index is 0.0442. The number of aromatic nitrogens is 2. The molecular weight excluding hydrogens is 334 g/mol. The van der Waals surface area contributed by atoms with Crippen molar-refractivity contribution in [1.82, 2.24) is 9.97 Å². The van der Waals surface area contributed by atoms with Crippen molar-refractivity contribution in [2.75, 3.05) is 23.4 Å². The number of aliphatic hydroxyl groups excluding tert-OH is 1. The molecule has 2 aromatic heterocycles. The minimum atomic E-state index is -0.450. The highest BCUT2D eigenvalue weighted by molar-refractivity contribution is 5.55. The molecule has 138 valence electrons. The van der Waals surface area contributed by atoms with Crippen molar-refractivity contribution in [3.63, 3.8) is 0 Å². The van der Waals surface area contributed by atoms with E-state index in [0.29, 0.717) is 12.6 Å². The molecule has 8 heteroatoms. The van der Waals surface area contributed by atoms with Crippen LogP contribution in [0.15, 0.2) is 36.7 Å². The number of nitro groups is 1. The topological polar surface area (TPSA) is 104 Å². The molecule has 0 aliphatic carbocycles. The summed E-state index contributed by atoms with van der Waals surface area (Å²) in [6.45, 7) is 1.55. The van der Waals surface area contributed by atoms with Gasteiger partial charge in [0.05, 0.1) is 4.92 Å². The van der Waals surface area contributed by atoms with Crippen molar-refractivity contribution >= 4 is 17.3 Å². The molecule has 3 rings (SSSR count). The predicted molar refractivity (Wildman–Crippen MR) is 99.1 cm³/mol. The van der Waals surface area contributed by atoms with Crippen LogP contribution >= 0.6 is 0 Å². The van der Waals surface area contributed by atoms with Crippen LogP contribution in [0.5, 0.6) is 0 Å². The van der Waals surface area contributed by atoms with E-state index in [4.69, 9.17) is 0 Å². The molecule has 1 aliphatic rings. The molecule has 0 radical (unpaired) electrons. The second kappa shape index (κ2) is 8.57. The lowest BCUT2D eigenvalue weighted by Crippen LogP contribution is -2.40. The molecule has 1 saturated heterocycles. The van der Waals surface area contributed by atoms with Gasteiger partial charge < -0.3 is 15.3 Å². The molecule has 2 N–H and O–H groups in total.